The first-order valence-electron chi connectivity index (χ1n) is 3.53. The predicted molar refractivity (Wildman–Crippen MR) is 45.3 cm³/mol. The van der Waals surface area contributed by atoms with E-state index in [2.05, 4.69) is 5.32 Å². The fourth-order valence-corrected chi connectivity index (χ4v) is 1.49. The Bertz CT molecular complexity index is 298. The number of aromatic hydroxyl groups is 1. The summed E-state index contributed by atoms with van der Waals surface area (Å²) in [4.78, 5) is 0. The average Bonchev–Trinajstić information content (AvgIpc) is 2.45. The third kappa shape index (κ3) is 0.942. The highest BCUT2D eigenvalue weighted by atomic mass is 35.5. The summed E-state index contributed by atoms with van der Waals surface area (Å²) >= 11 is 5.70. The van der Waals surface area contributed by atoms with Crippen molar-refractivity contribution in [2.75, 3.05) is 11.9 Å². The second-order valence-electron chi connectivity index (χ2n) is 2.61. The van der Waals surface area contributed by atoms with E-state index >= 15 is 0 Å². The second kappa shape index (κ2) is 2.31. The molecule has 1 aromatic rings. The summed E-state index contributed by atoms with van der Waals surface area (Å²) in [6, 6.07) is 3.67. The summed E-state index contributed by atoms with van der Waals surface area (Å²) in [6.07, 6.45) is 0.972. The molecule has 0 saturated carbocycles. The molecular weight excluding hydrogens is 162 g/mol. The van der Waals surface area contributed by atoms with Gasteiger partial charge >= 0.3 is 0 Å². The lowest BCUT2D eigenvalue weighted by Crippen LogP contribution is -1.91. The number of hydrogen-bond acceptors (Lipinski definition) is 2. The van der Waals surface area contributed by atoms with E-state index in [1.165, 1.54) is 0 Å². The number of phenols is 1. The van der Waals surface area contributed by atoms with Gasteiger partial charge in [0.15, 0.2) is 5.75 Å². The van der Waals surface area contributed by atoms with Crippen LogP contribution in [-0.2, 0) is 6.42 Å². The fraction of sp³-hybridized carbons (Fsp3) is 0.250. The van der Waals surface area contributed by atoms with Crippen LogP contribution in [0.3, 0.4) is 0 Å². The zero-order valence-electron chi connectivity index (χ0n) is 5.89. The van der Waals surface area contributed by atoms with Crippen molar-refractivity contribution in [2.45, 2.75) is 6.42 Å². The maximum Gasteiger partial charge on any atom is 0.157 e. The first kappa shape index (κ1) is 6.80. The maximum atomic E-state index is 9.42. The molecule has 0 bridgehead atoms. The van der Waals surface area contributed by atoms with Crippen molar-refractivity contribution in [1.29, 1.82) is 0 Å². The molecule has 0 unspecified atom stereocenters. The molecule has 1 aliphatic heterocycles. The van der Waals surface area contributed by atoms with Crippen molar-refractivity contribution in [3.63, 3.8) is 0 Å². The first-order chi connectivity index (χ1) is 5.29. The highest BCUT2D eigenvalue weighted by molar-refractivity contribution is 6.32. The number of nitrogens with one attached hydrogen (secondary N) is 1. The molecule has 2 rings (SSSR count). The minimum absolute atomic E-state index is 0.182. The van der Waals surface area contributed by atoms with E-state index < -0.39 is 0 Å². The van der Waals surface area contributed by atoms with Gasteiger partial charge in [0, 0.05) is 6.54 Å². The van der Waals surface area contributed by atoms with Crippen molar-refractivity contribution >= 4 is 17.3 Å². The molecule has 0 atom stereocenters. The fourth-order valence-electron chi connectivity index (χ4n) is 1.34. The topological polar surface area (TPSA) is 32.3 Å². The Balaban J connectivity index is 2.62. The van der Waals surface area contributed by atoms with Gasteiger partial charge < -0.3 is 10.4 Å². The molecule has 0 spiro atoms. The van der Waals surface area contributed by atoms with E-state index in [1.807, 2.05) is 6.07 Å². The Labute approximate surface area is 69.8 Å². The molecule has 1 heterocycles. The van der Waals surface area contributed by atoms with E-state index in [9.17, 15) is 5.11 Å². The predicted octanol–water partition coefficient (Wildman–Crippen LogP) is 2.01. The minimum atomic E-state index is 0.182. The molecule has 0 radical (unpaired) electrons. The molecule has 2 nitrogen and oxygen atoms in total. The number of phenolic OH excluding ortho intramolecular Hbond substituents is 1. The van der Waals surface area contributed by atoms with Crippen molar-refractivity contribution in [3.05, 3.63) is 22.7 Å². The Kier molecular flexibility index (Phi) is 1.43. The summed E-state index contributed by atoms with van der Waals surface area (Å²) in [5.74, 6) is 0.182. The molecule has 0 amide bonds. The number of halogens is 1. The lowest BCUT2D eigenvalue weighted by Gasteiger charge is -2.03. The van der Waals surface area contributed by atoms with E-state index in [-0.39, 0.29) is 5.75 Å². The smallest absolute Gasteiger partial charge is 0.157 e. The van der Waals surface area contributed by atoms with Gasteiger partial charge in [-0.15, -0.1) is 0 Å². The number of benzene rings is 1. The second-order valence-corrected chi connectivity index (χ2v) is 3.01. The van der Waals surface area contributed by atoms with Gasteiger partial charge in [-0.05, 0) is 18.1 Å². The molecule has 0 fully saturated rings. The Morgan fingerprint density at radius 2 is 2.27 bits per heavy atom. The van der Waals surface area contributed by atoms with Crippen molar-refractivity contribution in [3.8, 4) is 5.75 Å². The molecule has 1 aliphatic rings. The van der Waals surface area contributed by atoms with Crippen molar-refractivity contribution in [2.24, 2.45) is 0 Å². The summed E-state index contributed by atoms with van der Waals surface area (Å²) in [5.41, 5.74) is 1.95. The van der Waals surface area contributed by atoms with Crippen molar-refractivity contribution < 1.29 is 5.11 Å². The van der Waals surface area contributed by atoms with Crippen LogP contribution in [0.2, 0.25) is 5.02 Å². The van der Waals surface area contributed by atoms with E-state index in [4.69, 9.17) is 11.6 Å². The van der Waals surface area contributed by atoms with Crippen LogP contribution in [-0.4, -0.2) is 11.7 Å². The zero-order chi connectivity index (χ0) is 7.84. The highest BCUT2D eigenvalue weighted by Gasteiger charge is 2.15. The Morgan fingerprint density at radius 3 is 3.09 bits per heavy atom. The molecule has 58 valence electrons. The van der Waals surface area contributed by atoms with Gasteiger partial charge in [-0.25, -0.2) is 0 Å². The number of hydrogen-bond donors (Lipinski definition) is 2. The molecule has 3 heteroatoms. The van der Waals surface area contributed by atoms with Crippen LogP contribution in [0.4, 0.5) is 5.69 Å². The summed E-state index contributed by atoms with van der Waals surface area (Å²) in [5, 5.41) is 12.9. The molecule has 0 aromatic heterocycles. The van der Waals surface area contributed by atoms with Crippen LogP contribution in [0.1, 0.15) is 5.56 Å². The zero-order valence-corrected chi connectivity index (χ0v) is 6.65. The Hall–Kier alpha value is -0.890. The number of anilines is 1. The average molecular weight is 170 g/mol. The van der Waals surface area contributed by atoms with Crippen LogP contribution in [0, 0.1) is 0 Å². The molecule has 1 aromatic carbocycles. The van der Waals surface area contributed by atoms with Gasteiger partial charge in [0.25, 0.3) is 0 Å². The highest BCUT2D eigenvalue weighted by Crippen LogP contribution is 2.37. The standard InChI is InChI=1S/C8H8ClNO/c9-6-2-1-5-3-4-10-7(5)8(6)11/h1-2,10-11H,3-4H2. The van der Waals surface area contributed by atoms with Gasteiger partial charge in [0.05, 0.1) is 10.7 Å². The third-order valence-corrected chi connectivity index (χ3v) is 2.22. The monoisotopic (exact) mass is 169 g/mol. The lowest BCUT2D eigenvalue weighted by molar-refractivity contribution is 0.478. The summed E-state index contributed by atoms with van der Waals surface area (Å²) in [7, 11) is 0. The van der Waals surface area contributed by atoms with E-state index in [0.29, 0.717) is 5.02 Å². The lowest BCUT2D eigenvalue weighted by atomic mass is 10.1. The molecular formula is C8H8ClNO. The minimum Gasteiger partial charge on any atom is -0.504 e. The molecule has 0 aliphatic carbocycles. The van der Waals surface area contributed by atoms with Crippen LogP contribution in [0.15, 0.2) is 12.1 Å². The van der Waals surface area contributed by atoms with Gasteiger partial charge in [0.1, 0.15) is 0 Å². The molecule has 0 saturated heterocycles. The maximum absolute atomic E-state index is 9.42. The van der Waals surface area contributed by atoms with E-state index in [1.54, 1.807) is 6.07 Å². The largest absolute Gasteiger partial charge is 0.504 e. The van der Waals surface area contributed by atoms with Crippen LogP contribution < -0.4 is 5.32 Å². The Morgan fingerprint density at radius 1 is 1.45 bits per heavy atom. The van der Waals surface area contributed by atoms with Crippen LogP contribution in [0.5, 0.6) is 5.75 Å². The first-order valence-corrected chi connectivity index (χ1v) is 3.91. The number of rotatable bonds is 0. The van der Waals surface area contributed by atoms with Gasteiger partial charge in [-0.1, -0.05) is 17.7 Å². The number of fused-ring (bicyclic) bond motifs is 1. The van der Waals surface area contributed by atoms with Crippen molar-refractivity contribution in [1.82, 2.24) is 0 Å². The summed E-state index contributed by atoms with van der Waals surface area (Å²) in [6.45, 7) is 0.892. The normalized spacial score (nSPS) is 14.3. The van der Waals surface area contributed by atoms with Gasteiger partial charge in [0.2, 0.25) is 0 Å². The van der Waals surface area contributed by atoms with E-state index in [0.717, 1.165) is 24.2 Å². The van der Waals surface area contributed by atoms with Gasteiger partial charge in [-0.2, -0.15) is 0 Å². The SMILES string of the molecule is Oc1c(Cl)ccc2c1NCC2. The summed E-state index contributed by atoms with van der Waals surface area (Å²) < 4.78 is 0. The van der Waals surface area contributed by atoms with Crippen LogP contribution >= 0.6 is 11.6 Å². The third-order valence-electron chi connectivity index (χ3n) is 1.91. The molecule has 2 N–H and O–H groups in total. The molecule has 11 heavy (non-hydrogen) atoms. The van der Waals surface area contributed by atoms with Gasteiger partial charge in [-0.3, -0.25) is 0 Å². The van der Waals surface area contributed by atoms with Crippen LogP contribution in [0.25, 0.3) is 0 Å². The quantitative estimate of drug-likeness (QED) is 0.583.